The lowest BCUT2D eigenvalue weighted by molar-refractivity contribution is -0.790. The van der Waals surface area contributed by atoms with E-state index in [1.54, 1.807) is 0 Å². The van der Waals surface area contributed by atoms with Gasteiger partial charge in [0.2, 0.25) is 0 Å². The zero-order valence-corrected chi connectivity index (χ0v) is 7.91. The summed E-state index contributed by atoms with van der Waals surface area (Å²) >= 11 is 0. The first-order chi connectivity index (χ1) is 6.41. The molecule has 0 aliphatic rings. The summed E-state index contributed by atoms with van der Waals surface area (Å²) in [7, 11) is 0. The standard InChI is InChI=1S/C6H12N2O6/c1-5(2)3-6(14-8(11)12)4-13-7(9)10/h5-6H,3-4H2,1-2H3. The van der Waals surface area contributed by atoms with Gasteiger partial charge in [0, 0.05) is 0 Å². The highest BCUT2D eigenvalue weighted by atomic mass is 17.0. The molecule has 0 aromatic carbocycles. The lowest BCUT2D eigenvalue weighted by atomic mass is 10.1. The predicted octanol–water partition coefficient (Wildman–Crippen LogP) is 0.818. The van der Waals surface area contributed by atoms with Crippen molar-refractivity contribution >= 4 is 0 Å². The maximum atomic E-state index is 9.99. The largest absolute Gasteiger partial charge is 0.312 e. The Kier molecular flexibility index (Phi) is 5.27. The van der Waals surface area contributed by atoms with Gasteiger partial charge >= 0.3 is 0 Å². The van der Waals surface area contributed by atoms with Crippen molar-refractivity contribution in [3.05, 3.63) is 20.2 Å². The van der Waals surface area contributed by atoms with Gasteiger partial charge < -0.3 is 9.68 Å². The van der Waals surface area contributed by atoms with Crippen molar-refractivity contribution in [2.45, 2.75) is 26.4 Å². The van der Waals surface area contributed by atoms with Crippen LogP contribution in [0.25, 0.3) is 0 Å². The Balaban J connectivity index is 3.96. The fraction of sp³-hybridized carbons (Fsp3) is 1.00. The third kappa shape index (κ3) is 7.07. The van der Waals surface area contributed by atoms with E-state index >= 15 is 0 Å². The molecule has 0 rings (SSSR count). The fourth-order valence-electron chi connectivity index (χ4n) is 0.933. The molecule has 0 saturated carbocycles. The molecule has 8 nitrogen and oxygen atoms in total. The molecule has 0 radical (unpaired) electrons. The van der Waals surface area contributed by atoms with Gasteiger partial charge in [-0.05, 0) is 12.3 Å². The molecule has 0 heterocycles. The van der Waals surface area contributed by atoms with Crippen molar-refractivity contribution in [1.29, 1.82) is 0 Å². The summed E-state index contributed by atoms with van der Waals surface area (Å²) in [6, 6.07) is 0. The van der Waals surface area contributed by atoms with E-state index in [9.17, 15) is 20.2 Å². The molecule has 0 aromatic heterocycles. The summed E-state index contributed by atoms with van der Waals surface area (Å²) in [4.78, 5) is 28.0. The predicted molar refractivity (Wildman–Crippen MR) is 44.3 cm³/mol. The summed E-state index contributed by atoms with van der Waals surface area (Å²) in [5.74, 6) is 0.135. The maximum Gasteiger partial charge on any atom is 0.294 e. The summed E-state index contributed by atoms with van der Waals surface area (Å²) in [5, 5.41) is 17.8. The van der Waals surface area contributed by atoms with E-state index in [2.05, 4.69) is 9.68 Å². The highest BCUT2D eigenvalue weighted by molar-refractivity contribution is 4.56. The zero-order valence-electron chi connectivity index (χ0n) is 7.91. The van der Waals surface area contributed by atoms with Gasteiger partial charge in [0.15, 0.2) is 0 Å². The van der Waals surface area contributed by atoms with Crippen LogP contribution in [-0.4, -0.2) is 22.9 Å². The Bertz CT molecular complexity index is 206. The van der Waals surface area contributed by atoms with Crippen LogP contribution in [0.3, 0.4) is 0 Å². The van der Waals surface area contributed by atoms with Gasteiger partial charge in [-0.1, -0.05) is 13.8 Å². The highest BCUT2D eigenvalue weighted by Crippen LogP contribution is 2.08. The first-order valence-electron chi connectivity index (χ1n) is 4.00. The molecule has 0 aliphatic carbocycles. The molecule has 0 aliphatic heterocycles. The van der Waals surface area contributed by atoms with E-state index in [0.29, 0.717) is 6.42 Å². The molecule has 0 fully saturated rings. The molecule has 14 heavy (non-hydrogen) atoms. The van der Waals surface area contributed by atoms with Gasteiger partial charge in [-0.2, -0.15) is 0 Å². The second kappa shape index (κ2) is 5.95. The maximum absolute atomic E-state index is 9.99. The van der Waals surface area contributed by atoms with Crippen molar-refractivity contribution in [3.63, 3.8) is 0 Å². The Morgan fingerprint density at radius 1 is 1.21 bits per heavy atom. The van der Waals surface area contributed by atoms with Gasteiger partial charge in [0.05, 0.1) is 0 Å². The van der Waals surface area contributed by atoms with Crippen LogP contribution in [-0.2, 0) is 9.68 Å². The van der Waals surface area contributed by atoms with Crippen molar-refractivity contribution in [1.82, 2.24) is 0 Å². The second-order valence-electron chi connectivity index (χ2n) is 3.10. The van der Waals surface area contributed by atoms with Gasteiger partial charge in [-0.3, -0.25) is 0 Å². The van der Waals surface area contributed by atoms with E-state index < -0.39 is 22.9 Å². The van der Waals surface area contributed by atoms with Crippen LogP contribution >= 0.6 is 0 Å². The highest BCUT2D eigenvalue weighted by Gasteiger charge is 2.16. The smallest absolute Gasteiger partial charge is 0.294 e. The van der Waals surface area contributed by atoms with Gasteiger partial charge in [-0.15, -0.1) is 20.2 Å². The average molecular weight is 208 g/mol. The van der Waals surface area contributed by atoms with Crippen molar-refractivity contribution in [2.75, 3.05) is 6.61 Å². The molecule has 0 aromatic rings. The number of hydrogen-bond donors (Lipinski definition) is 0. The fourth-order valence-corrected chi connectivity index (χ4v) is 0.933. The zero-order chi connectivity index (χ0) is 11.1. The van der Waals surface area contributed by atoms with Crippen LogP contribution in [0.5, 0.6) is 0 Å². The van der Waals surface area contributed by atoms with E-state index in [-0.39, 0.29) is 5.92 Å². The lowest BCUT2D eigenvalue weighted by Gasteiger charge is -2.15. The summed E-state index contributed by atoms with van der Waals surface area (Å²) < 4.78 is 0. The van der Waals surface area contributed by atoms with E-state index in [1.807, 2.05) is 13.8 Å². The molecule has 1 atom stereocenters. The van der Waals surface area contributed by atoms with Crippen molar-refractivity contribution < 1.29 is 19.8 Å². The molecular formula is C6H12N2O6. The third-order valence-electron chi connectivity index (χ3n) is 1.34. The number of hydrogen-bond acceptors (Lipinski definition) is 6. The Morgan fingerprint density at radius 2 is 1.79 bits per heavy atom. The van der Waals surface area contributed by atoms with E-state index in [4.69, 9.17) is 0 Å². The van der Waals surface area contributed by atoms with E-state index in [1.165, 1.54) is 0 Å². The minimum atomic E-state index is -1.00. The molecular weight excluding hydrogens is 196 g/mol. The summed E-state index contributed by atoms with van der Waals surface area (Å²) in [5.41, 5.74) is 0. The molecule has 82 valence electrons. The Morgan fingerprint density at radius 3 is 2.14 bits per heavy atom. The molecule has 0 amide bonds. The SMILES string of the molecule is CC(C)CC(CO[N+](=O)[O-])O[N+](=O)[O-]. The van der Waals surface area contributed by atoms with Gasteiger partial charge in [-0.25, -0.2) is 0 Å². The lowest BCUT2D eigenvalue weighted by Crippen LogP contribution is -2.26. The van der Waals surface area contributed by atoms with Crippen LogP contribution in [0.2, 0.25) is 0 Å². The van der Waals surface area contributed by atoms with Gasteiger partial charge in [0.25, 0.3) is 10.2 Å². The number of rotatable bonds is 7. The first-order valence-corrected chi connectivity index (χ1v) is 4.00. The quantitative estimate of drug-likeness (QED) is 0.453. The second-order valence-corrected chi connectivity index (χ2v) is 3.10. The minimum Gasteiger partial charge on any atom is -0.312 e. The van der Waals surface area contributed by atoms with Crippen LogP contribution in [0, 0.1) is 26.1 Å². The normalized spacial score (nSPS) is 12.2. The molecule has 0 bridgehead atoms. The van der Waals surface area contributed by atoms with Gasteiger partial charge in [0.1, 0.15) is 12.7 Å². The van der Waals surface area contributed by atoms with Crippen LogP contribution < -0.4 is 0 Å². The monoisotopic (exact) mass is 208 g/mol. The molecule has 0 spiro atoms. The van der Waals surface area contributed by atoms with Crippen LogP contribution in [0.4, 0.5) is 0 Å². The minimum absolute atomic E-state index is 0.135. The Hall–Kier alpha value is -1.60. The summed E-state index contributed by atoms with van der Waals surface area (Å²) in [6.07, 6.45) is -0.565. The van der Waals surface area contributed by atoms with Crippen LogP contribution in [0.15, 0.2) is 0 Å². The topological polar surface area (TPSA) is 105 Å². The first kappa shape index (κ1) is 12.4. The average Bonchev–Trinajstić information content (AvgIpc) is 1.97. The molecule has 0 N–H and O–H groups in total. The van der Waals surface area contributed by atoms with E-state index in [0.717, 1.165) is 0 Å². The van der Waals surface area contributed by atoms with Crippen molar-refractivity contribution in [3.8, 4) is 0 Å². The van der Waals surface area contributed by atoms with Crippen molar-refractivity contribution in [2.24, 2.45) is 5.92 Å². The number of nitrogens with zero attached hydrogens (tertiary/aromatic N) is 2. The summed E-state index contributed by atoms with van der Waals surface area (Å²) in [6.45, 7) is 3.22. The molecule has 0 saturated heterocycles. The third-order valence-corrected chi connectivity index (χ3v) is 1.34. The molecule has 8 heteroatoms. The molecule has 1 unspecified atom stereocenters. The van der Waals surface area contributed by atoms with Crippen LogP contribution in [0.1, 0.15) is 20.3 Å². The Labute approximate surface area is 80.0 Å².